The van der Waals surface area contributed by atoms with Gasteiger partial charge >= 0.3 is 5.97 Å². The number of phenols is 1. The molecule has 2 rings (SSSR count). The molecule has 0 bridgehead atoms. The van der Waals surface area contributed by atoms with E-state index in [-0.39, 0.29) is 94.1 Å². The van der Waals surface area contributed by atoms with Gasteiger partial charge in [0.2, 0.25) is 47.3 Å². The molecule has 0 unspecified atom stereocenters. The van der Waals surface area contributed by atoms with Crippen molar-refractivity contribution in [3.05, 3.63) is 29.8 Å². The Hall–Kier alpha value is -7.25. The number of phenolic OH excluding ortho intramolecular Hbond substituents is 1. The molecule has 0 aromatic heterocycles. The third-order valence-electron chi connectivity index (χ3n) is 12.8. The number of aromatic hydroxyl groups is 1. The van der Waals surface area contributed by atoms with Gasteiger partial charge in [-0.2, -0.15) is 0 Å². The summed E-state index contributed by atoms with van der Waals surface area (Å²) in [6.45, 7) is 11.0. The summed E-state index contributed by atoms with van der Waals surface area (Å²) >= 11 is 0. The SMILES string of the molecule is CC[C@H](C)[C@H](N)C(=O)N[C@@H](CC(N)=O)C(=O)N1CCC[C@H]1C(=O)N[C@H](C(=O)N[C@@H](Cc1ccc(O)cc1)C(=O)N[C@@H](CCCNC(=N)N)C(=O)N[C@@H](CC(C)C)C(=O)N[C@@H](CCCNC(=N)N)C(=O)O)[C@@H](C)CC. The summed E-state index contributed by atoms with van der Waals surface area (Å²) in [5.74, 6) is -9.37. The molecule has 1 saturated heterocycles. The van der Waals surface area contributed by atoms with Crippen molar-refractivity contribution < 1.29 is 53.4 Å². The number of carbonyl (C=O) groups excluding carboxylic acids is 8. The summed E-state index contributed by atoms with van der Waals surface area (Å²) in [4.78, 5) is 124. The van der Waals surface area contributed by atoms with Gasteiger partial charge in [0.15, 0.2) is 11.9 Å². The monoisotopic (exact) mass is 1040 g/mol. The molecule has 1 aromatic carbocycles. The minimum atomic E-state index is -1.44. The number of hydrogen-bond donors (Lipinski definition) is 16. The van der Waals surface area contributed by atoms with E-state index in [9.17, 15) is 53.4 Å². The van der Waals surface area contributed by atoms with E-state index in [1.807, 2.05) is 6.92 Å². The van der Waals surface area contributed by atoms with Crippen LogP contribution in [0.3, 0.4) is 0 Å². The van der Waals surface area contributed by atoms with Crippen LogP contribution in [0.5, 0.6) is 5.75 Å². The zero-order chi connectivity index (χ0) is 55.8. The number of carboxylic acid groups (broad SMARTS) is 1. The molecule has 1 aliphatic heterocycles. The highest BCUT2D eigenvalue weighted by atomic mass is 16.4. The molecule has 0 spiro atoms. The lowest BCUT2D eigenvalue weighted by Crippen LogP contribution is -2.61. The molecule has 1 aromatic rings. The Morgan fingerprint density at radius 3 is 1.70 bits per heavy atom. The minimum absolute atomic E-state index is 0.0334. The molecule has 0 aliphatic carbocycles. The smallest absolute Gasteiger partial charge is 0.326 e. The van der Waals surface area contributed by atoms with E-state index in [2.05, 4.69) is 42.5 Å². The highest BCUT2D eigenvalue weighted by Crippen LogP contribution is 2.21. The van der Waals surface area contributed by atoms with Crippen molar-refractivity contribution in [3.63, 3.8) is 0 Å². The van der Waals surface area contributed by atoms with Crippen LogP contribution in [-0.4, -0.2) is 148 Å². The number of guanidine groups is 2. The zero-order valence-electron chi connectivity index (χ0n) is 43.4. The summed E-state index contributed by atoms with van der Waals surface area (Å²) in [5.41, 5.74) is 22.8. The lowest BCUT2D eigenvalue weighted by atomic mass is 9.96. The highest BCUT2D eigenvalue weighted by Gasteiger charge is 2.41. The number of hydrogen-bond acceptors (Lipinski definition) is 13. The number of rotatable bonds is 32. The van der Waals surface area contributed by atoms with Gasteiger partial charge in [0, 0.05) is 26.1 Å². The van der Waals surface area contributed by atoms with Crippen LogP contribution in [0.15, 0.2) is 24.3 Å². The maximum atomic E-state index is 14.5. The van der Waals surface area contributed by atoms with E-state index in [4.69, 9.17) is 33.8 Å². The Kier molecular flexibility index (Phi) is 26.6. The number of amides is 8. The van der Waals surface area contributed by atoms with Crippen molar-refractivity contribution in [2.45, 2.75) is 161 Å². The number of nitrogens with one attached hydrogen (secondary N) is 10. The van der Waals surface area contributed by atoms with Gasteiger partial charge in [-0.1, -0.05) is 66.5 Å². The molecule has 26 nitrogen and oxygen atoms in total. The van der Waals surface area contributed by atoms with Crippen LogP contribution < -0.4 is 65.5 Å². The second-order valence-corrected chi connectivity index (χ2v) is 19.3. The number of likely N-dealkylation sites (tertiary alicyclic amines) is 1. The second kappa shape index (κ2) is 31.4. The summed E-state index contributed by atoms with van der Waals surface area (Å²) in [5, 5.41) is 55.8. The van der Waals surface area contributed by atoms with Crippen molar-refractivity contribution in [3.8, 4) is 5.75 Å². The van der Waals surface area contributed by atoms with Gasteiger partial charge in [-0.15, -0.1) is 0 Å². The number of nitrogens with zero attached hydrogens (tertiary/aromatic N) is 1. The Morgan fingerprint density at radius 1 is 0.676 bits per heavy atom. The van der Waals surface area contributed by atoms with Gasteiger partial charge in [-0.25, -0.2) is 4.79 Å². The third-order valence-corrected chi connectivity index (χ3v) is 12.8. The Bertz CT molecular complexity index is 2110. The van der Waals surface area contributed by atoms with Crippen molar-refractivity contribution in [2.75, 3.05) is 19.6 Å². The van der Waals surface area contributed by atoms with Crippen molar-refractivity contribution in [1.29, 1.82) is 10.8 Å². The largest absolute Gasteiger partial charge is 0.508 e. The molecular formula is C48H81N15O11. The van der Waals surface area contributed by atoms with Crippen LogP contribution in [0.1, 0.15) is 111 Å². The molecular weight excluding hydrogens is 963 g/mol. The summed E-state index contributed by atoms with van der Waals surface area (Å²) in [6.07, 6.45) is 1.06. The van der Waals surface area contributed by atoms with E-state index >= 15 is 0 Å². The number of primary amides is 1. The summed E-state index contributed by atoms with van der Waals surface area (Å²) < 4.78 is 0. The van der Waals surface area contributed by atoms with Crippen LogP contribution in [0.25, 0.3) is 0 Å². The zero-order valence-corrected chi connectivity index (χ0v) is 43.4. The van der Waals surface area contributed by atoms with Gasteiger partial charge in [-0.3, -0.25) is 49.2 Å². The molecule has 1 aliphatic rings. The van der Waals surface area contributed by atoms with Crippen LogP contribution in [0, 0.1) is 28.6 Å². The average molecular weight is 1040 g/mol. The van der Waals surface area contributed by atoms with Crippen LogP contribution in [0.4, 0.5) is 0 Å². The normalized spacial score (nSPS) is 16.8. The van der Waals surface area contributed by atoms with Crippen molar-refractivity contribution in [1.82, 2.24) is 47.4 Å². The number of benzene rings is 1. The Labute approximate surface area is 432 Å². The molecule has 0 saturated carbocycles. The van der Waals surface area contributed by atoms with Gasteiger partial charge in [0.1, 0.15) is 48.0 Å². The Morgan fingerprint density at radius 2 is 1.18 bits per heavy atom. The van der Waals surface area contributed by atoms with Gasteiger partial charge in [0.05, 0.1) is 12.5 Å². The fourth-order valence-electron chi connectivity index (χ4n) is 8.08. The maximum Gasteiger partial charge on any atom is 0.326 e. The average Bonchev–Trinajstić information content (AvgIpc) is 3.83. The fraction of sp³-hybridized carbons (Fsp3) is 0.646. The van der Waals surface area contributed by atoms with E-state index in [1.54, 1.807) is 34.6 Å². The third kappa shape index (κ3) is 21.5. The molecule has 8 amide bonds. The number of nitrogens with two attached hydrogens (primary N) is 4. The molecule has 10 atom stereocenters. The van der Waals surface area contributed by atoms with Crippen LogP contribution in [0.2, 0.25) is 0 Å². The summed E-state index contributed by atoms with van der Waals surface area (Å²) in [6, 6.07) is -4.49. The van der Waals surface area contributed by atoms with E-state index in [1.165, 1.54) is 29.2 Å². The first-order chi connectivity index (χ1) is 34.8. The molecule has 1 heterocycles. The Balaban J connectivity index is 2.49. The van der Waals surface area contributed by atoms with Crippen LogP contribution >= 0.6 is 0 Å². The number of carboxylic acids is 1. The molecule has 414 valence electrons. The van der Waals surface area contributed by atoms with Crippen molar-refractivity contribution in [2.24, 2.45) is 40.7 Å². The number of carbonyl (C=O) groups is 9. The predicted molar refractivity (Wildman–Crippen MR) is 274 cm³/mol. The quantitative estimate of drug-likeness (QED) is 0.0207. The van der Waals surface area contributed by atoms with Crippen LogP contribution in [-0.2, 0) is 49.6 Å². The molecule has 74 heavy (non-hydrogen) atoms. The standard InChI is InChI=1S/C48H81N15O11/c1-7-26(5)37(50)43(70)61-34(24-36(49)65)45(72)63-21-11-14-35(63)42(69)62-38(27(6)8-2)44(71)60-33(23-28-15-17-29(64)18-16-28)41(68)57-30(12-9-19-55-47(51)52)39(66)59-32(22-25(3)4)40(67)58-31(46(73)74)13-10-20-56-48(53)54/h15-18,25-27,30-35,37-38,64H,7-14,19-24,50H2,1-6H3,(H2,49,65)(H,57,68)(H,58,67)(H,59,66)(H,60,71)(H,61,70)(H,62,69)(H,73,74)(H4,51,52,55)(H4,53,54,56)/t26-,27-,30-,31-,32-,33-,34-,35-,37-,38-/m0/s1. The summed E-state index contributed by atoms with van der Waals surface area (Å²) in [7, 11) is 0. The molecule has 1 fully saturated rings. The van der Waals surface area contributed by atoms with Gasteiger partial charge in [-0.05, 0) is 80.4 Å². The van der Waals surface area contributed by atoms with E-state index < -0.39 is 114 Å². The lowest BCUT2D eigenvalue weighted by Gasteiger charge is -2.32. The first-order valence-electron chi connectivity index (χ1n) is 25.1. The fourth-order valence-corrected chi connectivity index (χ4v) is 8.08. The van der Waals surface area contributed by atoms with Gasteiger partial charge in [0.25, 0.3) is 0 Å². The predicted octanol–water partition coefficient (Wildman–Crippen LogP) is -2.21. The lowest BCUT2D eigenvalue weighted by molar-refractivity contribution is -0.143. The molecule has 26 heteroatoms. The van der Waals surface area contributed by atoms with E-state index in [0.29, 0.717) is 24.8 Å². The topological polar surface area (TPSA) is 445 Å². The first kappa shape index (κ1) is 62.9. The number of aliphatic carboxylic acids is 1. The maximum absolute atomic E-state index is 14.5. The first-order valence-corrected chi connectivity index (χ1v) is 25.1. The van der Waals surface area contributed by atoms with Crippen molar-refractivity contribution >= 4 is 65.1 Å². The van der Waals surface area contributed by atoms with E-state index in [0.717, 1.165) is 0 Å². The highest BCUT2D eigenvalue weighted by molar-refractivity contribution is 5.99. The molecule has 20 N–H and O–H groups in total. The van der Waals surface area contributed by atoms with Gasteiger partial charge < -0.3 is 80.6 Å². The molecule has 0 radical (unpaired) electrons. The second-order valence-electron chi connectivity index (χ2n) is 19.3. The minimum Gasteiger partial charge on any atom is -0.508 e.